The van der Waals surface area contributed by atoms with E-state index in [-0.39, 0.29) is 5.41 Å². The van der Waals surface area contributed by atoms with Crippen LogP contribution in [0.1, 0.15) is 40.0 Å². The molecule has 0 heterocycles. The number of hydrogen-bond acceptors (Lipinski definition) is 3. The Hall–Kier alpha value is -0.0900. The van der Waals surface area contributed by atoms with E-state index in [0.29, 0.717) is 11.8 Å². The van der Waals surface area contributed by atoms with E-state index in [1.54, 1.807) is 0 Å². The molecule has 0 spiro atoms. The molecule has 1 aliphatic carbocycles. The average molecular weight is 247 g/mol. The van der Waals surface area contributed by atoms with Crippen molar-refractivity contribution in [3.8, 4) is 0 Å². The summed E-state index contributed by atoms with van der Waals surface area (Å²) >= 11 is 0. The monoisotopic (exact) mass is 247 g/mol. The largest absolute Gasteiger partial charge is 0.314 e. The van der Waals surface area contributed by atoms with E-state index >= 15 is 0 Å². The summed E-state index contributed by atoms with van der Waals surface area (Å²) in [5.41, 5.74) is 0.160. The van der Waals surface area contributed by atoms with Gasteiger partial charge in [0.25, 0.3) is 0 Å². The van der Waals surface area contributed by atoms with E-state index < -0.39 is 9.84 Å². The van der Waals surface area contributed by atoms with Gasteiger partial charge in [0, 0.05) is 18.8 Å². The number of rotatable bonds is 7. The molecule has 1 atom stereocenters. The third-order valence-electron chi connectivity index (χ3n) is 3.52. The topological polar surface area (TPSA) is 46.2 Å². The fraction of sp³-hybridized carbons (Fsp3) is 1.00. The van der Waals surface area contributed by atoms with Gasteiger partial charge in [-0.1, -0.05) is 20.8 Å². The molecule has 3 nitrogen and oxygen atoms in total. The van der Waals surface area contributed by atoms with E-state index in [2.05, 4.69) is 26.1 Å². The van der Waals surface area contributed by atoms with Gasteiger partial charge in [0.2, 0.25) is 0 Å². The van der Waals surface area contributed by atoms with Crippen molar-refractivity contribution < 1.29 is 8.42 Å². The van der Waals surface area contributed by atoms with Crippen molar-refractivity contribution in [1.82, 2.24) is 5.32 Å². The molecule has 0 aromatic carbocycles. The molecule has 0 amide bonds. The molecule has 16 heavy (non-hydrogen) atoms. The van der Waals surface area contributed by atoms with Crippen molar-refractivity contribution in [3.63, 3.8) is 0 Å². The maximum absolute atomic E-state index is 11.2. The van der Waals surface area contributed by atoms with Gasteiger partial charge in [0.1, 0.15) is 9.84 Å². The predicted molar refractivity (Wildman–Crippen MR) is 68.3 cm³/mol. The van der Waals surface area contributed by atoms with E-state index in [9.17, 15) is 8.42 Å². The van der Waals surface area contributed by atoms with Crippen LogP contribution in [0, 0.1) is 11.3 Å². The van der Waals surface area contributed by atoms with Crippen molar-refractivity contribution in [2.24, 2.45) is 11.3 Å². The van der Waals surface area contributed by atoms with Crippen molar-refractivity contribution in [2.45, 2.75) is 46.1 Å². The Morgan fingerprint density at radius 1 is 1.38 bits per heavy atom. The summed E-state index contributed by atoms with van der Waals surface area (Å²) in [7, 11) is -2.83. The van der Waals surface area contributed by atoms with Crippen LogP contribution < -0.4 is 5.32 Å². The number of hydrogen-bond donors (Lipinski definition) is 1. The van der Waals surface area contributed by atoms with Crippen LogP contribution in [-0.4, -0.2) is 33.0 Å². The van der Waals surface area contributed by atoms with Gasteiger partial charge in [0.15, 0.2) is 0 Å². The smallest absolute Gasteiger partial charge is 0.147 e. The minimum Gasteiger partial charge on any atom is -0.314 e. The number of sulfone groups is 1. The predicted octanol–water partition coefficient (Wildman–Crippen LogP) is 1.84. The van der Waals surface area contributed by atoms with Gasteiger partial charge < -0.3 is 5.32 Å². The molecule has 0 saturated heterocycles. The highest BCUT2D eigenvalue weighted by Crippen LogP contribution is 2.47. The average Bonchev–Trinajstić information content (AvgIpc) is 2.93. The molecule has 0 aromatic heterocycles. The minimum absolute atomic E-state index is 0.160. The molecule has 0 aromatic rings. The zero-order valence-corrected chi connectivity index (χ0v) is 11.7. The molecule has 1 fully saturated rings. The Morgan fingerprint density at radius 3 is 2.31 bits per heavy atom. The zero-order chi connectivity index (χ0) is 12.4. The van der Waals surface area contributed by atoms with Crippen molar-refractivity contribution in [2.75, 3.05) is 18.6 Å². The fourth-order valence-electron chi connectivity index (χ4n) is 2.07. The van der Waals surface area contributed by atoms with Gasteiger partial charge in [-0.15, -0.1) is 0 Å². The molecular weight excluding hydrogens is 222 g/mol. The summed E-state index contributed by atoms with van der Waals surface area (Å²) in [6.45, 7) is 7.42. The minimum atomic E-state index is -2.83. The van der Waals surface area contributed by atoms with E-state index in [4.69, 9.17) is 0 Å². The standard InChI is InChI=1S/C12H25NO2S/c1-10(2)13-9-12(3,11-5-6-11)7-8-16(4,14)15/h10-11,13H,5-9H2,1-4H3. The van der Waals surface area contributed by atoms with Gasteiger partial charge in [-0.25, -0.2) is 8.42 Å². The normalized spacial score (nSPS) is 21.1. The Labute approximate surface area is 99.9 Å². The SMILES string of the molecule is CC(C)NCC(C)(CCS(C)(=O)=O)C1CC1. The van der Waals surface area contributed by atoms with Crippen LogP contribution in [0.15, 0.2) is 0 Å². The Balaban J connectivity index is 2.51. The molecule has 4 heteroatoms. The van der Waals surface area contributed by atoms with E-state index in [0.717, 1.165) is 18.9 Å². The fourth-order valence-corrected chi connectivity index (χ4v) is 2.91. The van der Waals surface area contributed by atoms with Gasteiger partial charge >= 0.3 is 0 Å². The van der Waals surface area contributed by atoms with Crippen LogP contribution >= 0.6 is 0 Å². The van der Waals surface area contributed by atoms with Crippen LogP contribution in [0.2, 0.25) is 0 Å². The van der Waals surface area contributed by atoms with Gasteiger partial charge in [-0.2, -0.15) is 0 Å². The quantitative estimate of drug-likeness (QED) is 0.746. The maximum atomic E-state index is 11.2. The van der Waals surface area contributed by atoms with Gasteiger partial charge in [-0.3, -0.25) is 0 Å². The molecule has 1 unspecified atom stereocenters. The summed E-state index contributed by atoms with van der Waals surface area (Å²) in [6, 6.07) is 0.469. The highest BCUT2D eigenvalue weighted by atomic mass is 32.2. The van der Waals surface area contributed by atoms with Crippen molar-refractivity contribution >= 4 is 9.84 Å². The molecular formula is C12H25NO2S. The van der Waals surface area contributed by atoms with Crippen LogP contribution in [-0.2, 0) is 9.84 Å². The lowest BCUT2D eigenvalue weighted by Gasteiger charge is -2.31. The second kappa shape index (κ2) is 5.05. The summed E-state index contributed by atoms with van der Waals surface area (Å²) in [4.78, 5) is 0. The Bertz CT molecular complexity index is 320. The summed E-state index contributed by atoms with van der Waals surface area (Å²) in [5.74, 6) is 1.04. The summed E-state index contributed by atoms with van der Waals surface area (Å²) < 4.78 is 22.5. The summed E-state index contributed by atoms with van der Waals surface area (Å²) in [5, 5.41) is 3.45. The molecule has 1 aliphatic rings. The first-order valence-electron chi connectivity index (χ1n) is 6.14. The number of nitrogens with one attached hydrogen (secondary N) is 1. The lowest BCUT2D eigenvalue weighted by atomic mass is 9.82. The van der Waals surface area contributed by atoms with Crippen LogP contribution in [0.5, 0.6) is 0 Å². The van der Waals surface area contributed by atoms with Crippen LogP contribution in [0.25, 0.3) is 0 Å². The van der Waals surface area contributed by atoms with Crippen LogP contribution in [0.4, 0.5) is 0 Å². The zero-order valence-electron chi connectivity index (χ0n) is 10.9. The first-order chi connectivity index (χ1) is 7.23. The Morgan fingerprint density at radius 2 is 1.94 bits per heavy atom. The molecule has 0 aliphatic heterocycles. The Kier molecular flexibility index (Phi) is 4.41. The first-order valence-corrected chi connectivity index (χ1v) is 8.20. The molecule has 0 bridgehead atoms. The lowest BCUT2D eigenvalue weighted by molar-refractivity contribution is 0.241. The molecule has 1 rings (SSSR count). The third kappa shape index (κ3) is 4.83. The van der Waals surface area contributed by atoms with Crippen LogP contribution in [0.3, 0.4) is 0 Å². The maximum Gasteiger partial charge on any atom is 0.147 e. The lowest BCUT2D eigenvalue weighted by Crippen LogP contribution is -2.38. The van der Waals surface area contributed by atoms with Gasteiger partial charge in [-0.05, 0) is 30.6 Å². The second-order valence-corrected chi connectivity index (χ2v) is 8.10. The first kappa shape index (κ1) is 14.0. The van der Waals surface area contributed by atoms with Gasteiger partial charge in [0.05, 0.1) is 5.75 Å². The summed E-state index contributed by atoms with van der Waals surface area (Å²) in [6.07, 6.45) is 4.65. The molecule has 1 saturated carbocycles. The highest BCUT2D eigenvalue weighted by Gasteiger charge is 2.41. The van der Waals surface area contributed by atoms with E-state index in [1.165, 1.54) is 19.1 Å². The second-order valence-electron chi connectivity index (χ2n) is 5.84. The molecule has 0 radical (unpaired) electrons. The highest BCUT2D eigenvalue weighted by molar-refractivity contribution is 7.90. The molecule has 1 N–H and O–H groups in total. The molecule has 96 valence electrons. The third-order valence-corrected chi connectivity index (χ3v) is 4.47. The van der Waals surface area contributed by atoms with Crippen molar-refractivity contribution in [3.05, 3.63) is 0 Å². The van der Waals surface area contributed by atoms with E-state index in [1.807, 2.05) is 0 Å². The van der Waals surface area contributed by atoms with Crippen molar-refractivity contribution in [1.29, 1.82) is 0 Å².